The van der Waals surface area contributed by atoms with Gasteiger partial charge in [0, 0.05) is 12.1 Å². The molecule has 1 heterocycles. The van der Waals surface area contributed by atoms with Gasteiger partial charge in [0.2, 0.25) is 0 Å². The highest BCUT2D eigenvalue weighted by Gasteiger charge is 2.23. The van der Waals surface area contributed by atoms with Gasteiger partial charge in [0.25, 0.3) is 0 Å². The second-order valence-corrected chi connectivity index (χ2v) is 7.60. The molecule has 0 aliphatic heterocycles. The van der Waals surface area contributed by atoms with E-state index < -0.39 is 17.7 Å². The molecule has 0 bridgehead atoms. The number of carbonyl (C=O) groups excluding carboxylic acids is 1. The number of ether oxygens (including phenoxy) is 1. The molecule has 0 radical (unpaired) electrons. The molecule has 0 saturated heterocycles. The lowest BCUT2D eigenvalue weighted by Crippen LogP contribution is -2.33. The summed E-state index contributed by atoms with van der Waals surface area (Å²) in [6, 6.07) is 7.55. The van der Waals surface area contributed by atoms with Crippen molar-refractivity contribution >= 4 is 12.1 Å². The molecule has 1 aromatic heterocycles. The maximum atomic E-state index is 12.0. The minimum atomic E-state index is -1.07. The van der Waals surface area contributed by atoms with E-state index in [-0.39, 0.29) is 18.7 Å². The van der Waals surface area contributed by atoms with Crippen molar-refractivity contribution in [1.82, 2.24) is 10.3 Å². The number of nitrogens with one attached hydrogen (secondary N) is 1. The molecule has 7 heteroatoms. The predicted octanol–water partition coefficient (Wildman–Crippen LogP) is 3.55. The van der Waals surface area contributed by atoms with E-state index in [0.717, 1.165) is 11.1 Å². The molecule has 0 aliphatic rings. The number of benzene rings is 1. The van der Waals surface area contributed by atoms with E-state index in [1.807, 2.05) is 31.2 Å². The summed E-state index contributed by atoms with van der Waals surface area (Å²) in [5.41, 5.74) is 9.27. The van der Waals surface area contributed by atoms with Crippen LogP contribution in [0, 0.1) is 13.8 Å². The van der Waals surface area contributed by atoms with E-state index in [1.54, 1.807) is 27.7 Å². The van der Waals surface area contributed by atoms with Gasteiger partial charge in [-0.2, -0.15) is 0 Å². The molecule has 4 N–H and O–H groups in total. The fourth-order valence-electron chi connectivity index (χ4n) is 2.94. The van der Waals surface area contributed by atoms with E-state index in [1.165, 1.54) is 0 Å². The Hall–Kier alpha value is -2.93. The van der Waals surface area contributed by atoms with Crippen molar-refractivity contribution in [1.29, 1.82) is 0 Å². The van der Waals surface area contributed by atoms with Crippen LogP contribution in [0.15, 0.2) is 24.3 Å². The average Bonchev–Trinajstić information content (AvgIpc) is 2.58. The van der Waals surface area contributed by atoms with Crippen molar-refractivity contribution in [3.8, 4) is 11.1 Å². The summed E-state index contributed by atoms with van der Waals surface area (Å²) in [5.74, 6) is -1.07. The fraction of sp³-hybridized carbons (Fsp3) is 0.381. The van der Waals surface area contributed by atoms with Crippen LogP contribution in [0.1, 0.15) is 53.6 Å². The van der Waals surface area contributed by atoms with E-state index >= 15 is 0 Å². The lowest BCUT2D eigenvalue weighted by molar-refractivity contribution is 0.0521. The second-order valence-electron chi connectivity index (χ2n) is 7.60. The number of hydrogen-bond acceptors (Lipinski definition) is 5. The molecule has 28 heavy (non-hydrogen) atoms. The van der Waals surface area contributed by atoms with E-state index in [0.29, 0.717) is 22.5 Å². The number of pyridine rings is 1. The molecule has 0 spiro atoms. The third kappa shape index (κ3) is 5.07. The standard InChI is InChI=1S/C21H27N3O4/c1-12-6-8-14(9-7-12)18-15(10-22)16(24-13(2)17(18)19(25)26)11-23-20(27)28-21(3,4)5/h6-9H,10-11,22H2,1-5H3,(H,23,27)(H,25,26). The van der Waals surface area contributed by atoms with Gasteiger partial charge >= 0.3 is 12.1 Å². The van der Waals surface area contributed by atoms with Gasteiger partial charge in [0.1, 0.15) is 5.60 Å². The number of amides is 1. The molecule has 150 valence electrons. The molecular formula is C21H27N3O4. The Morgan fingerprint density at radius 2 is 1.79 bits per heavy atom. The summed E-state index contributed by atoms with van der Waals surface area (Å²) >= 11 is 0. The van der Waals surface area contributed by atoms with Gasteiger partial charge in [-0.1, -0.05) is 29.8 Å². The third-order valence-corrected chi connectivity index (χ3v) is 4.12. The van der Waals surface area contributed by atoms with Crippen LogP contribution in [-0.4, -0.2) is 27.8 Å². The summed E-state index contributed by atoms with van der Waals surface area (Å²) in [6.45, 7) is 9.09. The quantitative estimate of drug-likeness (QED) is 0.725. The molecule has 0 fully saturated rings. The minimum absolute atomic E-state index is 0.0844. The Morgan fingerprint density at radius 1 is 1.18 bits per heavy atom. The van der Waals surface area contributed by atoms with Crippen molar-refractivity contribution in [2.75, 3.05) is 0 Å². The molecule has 1 aromatic carbocycles. The molecular weight excluding hydrogens is 358 g/mol. The van der Waals surface area contributed by atoms with Crippen LogP contribution in [0.3, 0.4) is 0 Å². The van der Waals surface area contributed by atoms with Gasteiger partial charge < -0.3 is 20.9 Å². The number of aryl methyl sites for hydroxylation is 2. The molecule has 0 unspecified atom stereocenters. The number of aromatic nitrogens is 1. The van der Waals surface area contributed by atoms with Gasteiger partial charge in [-0.05, 0) is 45.7 Å². The largest absolute Gasteiger partial charge is 0.478 e. The Balaban J connectivity index is 2.52. The molecule has 0 aliphatic carbocycles. The SMILES string of the molecule is Cc1ccc(-c2c(CN)c(CNC(=O)OC(C)(C)C)nc(C)c2C(=O)O)cc1. The second kappa shape index (κ2) is 8.39. The van der Waals surface area contributed by atoms with Crippen LogP contribution in [0.25, 0.3) is 11.1 Å². The van der Waals surface area contributed by atoms with Crippen LogP contribution in [0.4, 0.5) is 4.79 Å². The lowest BCUT2D eigenvalue weighted by atomic mass is 9.91. The van der Waals surface area contributed by atoms with Crippen LogP contribution in [0.5, 0.6) is 0 Å². The van der Waals surface area contributed by atoms with Crippen LogP contribution in [-0.2, 0) is 17.8 Å². The molecule has 2 aromatic rings. The Bertz CT molecular complexity index is 884. The number of alkyl carbamates (subject to hydrolysis) is 1. The van der Waals surface area contributed by atoms with Gasteiger partial charge in [0.15, 0.2) is 0 Å². The van der Waals surface area contributed by atoms with Crippen LogP contribution >= 0.6 is 0 Å². The highest BCUT2D eigenvalue weighted by atomic mass is 16.6. The minimum Gasteiger partial charge on any atom is -0.478 e. The number of carboxylic acids is 1. The zero-order valence-electron chi connectivity index (χ0n) is 16.9. The topological polar surface area (TPSA) is 115 Å². The van der Waals surface area contributed by atoms with Gasteiger partial charge in [-0.3, -0.25) is 4.98 Å². The molecule has 1 amide bonds. The predicted molar refractivity (Wildman–Crippen MR) is 107 cm³/mol. The highest BCUT2D eigenvalue weighted by Crippen LogP contribution is 2.31. The number of carboxylic acid groups (broad SMARTS) is 1. The third-order valence-electron chi connectivity index (χ3n) is 4.12. The number of hydrogen-bond donors (Lipinski definition) is 3. The lowest BCUT2D eigenvalue weighted by Gasteiger charge is -2.21. The Labute approximate surface area is 164 Å². The van der Waals surface area contributed by atoms with Gasteiger partial charge in [-0.15, -0.1) is 0 Å². The maximum Gasteiger partial charge on any atom is 0.407 e. The van der Waals surface area contributed by atoms with Crippen molar-refractivity contribution in [3.05, 3.63) is 52.3 Å². The maximum absolute atomic E-state index is 12.0. The Kier molecular flexibility index (Phi) is 6.41. The number of aromatic carboxylic acids is 1. The number of carbonyl (C=O) groups is 2. The molecule has 7 nitrogen and oxygen atoms in total. The molecule has 0 saturated carbocycles. The monoisotopic (exact) mass is 385 g/mol. The number of nitrogens with zero attached hydrogens (tertiary/aromatic N) is 1. The van der Waals surface area contributed by atoms with Crippen molar-refractivity contribution in [2.24, 2.45) is 5.73 Å². The first-order chi connectivity index (χ1) is 13.0. The first-order valence-corrected chi connectivity index (χ1v) is 9.03. The molecule has 2 rings (SSSR count). The van der Waals surface area contributed by atoms with Gasteiger partial charge in [-0.25, -0.2) is 9.59 Å². The van der Waals surface area contributed by atoms with Crippen LogP contribution in [0.2, 0.25) is 0 Å². The van der Waals surface area contributed by atoms with Crippen molar-refractivity contribution < 1.29 is 19.4 Å². The smallest absolute Gasteiger partial charge is 0.407 e. The normalized spacial score (nSPS) is 11.2. The first kappa shape index (κ1) is 21.4. The summed E-state index contributed by atoms with van der Waals surface area (Å²) < 4.78 is 5.25. The summed E-state index contributed by atoms with van der Waals surface area (Å²) in [6.07, 6.45) is -0.575. The van der Waals surface area contributed by atoms with Crippen molar-refractivity contribution in [3.63, 3.8) is 0 Å². The van der Waals surface area contributed by atoms with E-state index in [9.17, 15) is 14.7 Å². The fourth-order valence-corrected chi connectivity index (χ4v) is 2.94. The van der Waals surface area contributed by atoms with Gasteiger partial charge in [0.05, 0.1) is 23.5 Å². The van der Waals surface area contributed by atoms with E-state index in [4.69, 9.17) is 10.5 Å². The van der Waals surface area contributed by atoms with Crippen LogP contribution < -0.4 is 11.1 Å². The summed E-state index contributed by atoms with van der Waals surface area (Å²) in [7, 11) is 0. The first-order valence-electron chi connectivity index (χ1n) is 9.03. The zero-order chi connectivity index (χ0) is 21.1. The van der Waals surface area contributed by atoms with E-state index in [2.05, 4.69) is 10.3 Å². The summed E-state index contributed by atoms with van der Waals surface area (Å²) in [5, 5.41) is 12.4. The van der Waals surface area contributed by atoms with Crippen molar-refractivity contribution in [2.45, 2.75) is 53.3 Å². The average molecular weight is 385 g/mol. The Morgan fingerprint density at radius 3 is 2.29 bits per heavy atom. The highest BCUT2D eigenvalue weighted by molar-refractivity contribution is 5.98. The summed E-state index contributed by atoms with van der Waals surface area (Å²) in [4.78, 5) is 28.3. The molecule has 0 atom stereocenters. The number of nitrogens with two attached hydrogens (primary N) is 1. The zero-order valence-corrected chi connectivity index (χ0v) is 16.9. The number of rotatable bonds is 5.